The summed E-state index contributed by atoms with van der Waals surface area (Å²) in [4.78, 5) is 11.1. The second-order valence-electron chi connectivity index (χ2n) is 5.26. The molecule has 0 heterocycles. The molecule has 0 spiro atoms. The second-order valence-corrected chi connectivity index (χ2v) is 6.18. The van der Waals surface area contributed by atoms with Gasteiger partial charge in [-0.2, -0.15) is 0 Å². The third kappa shape index (κ3) is 3.80. The van der Waals surface area contributed by atoms with E-state index in [2.05, 4.69) is 45.5 Å². The third-order valence-electron chi connectivity index (χ3n) is 3.79. The van der Waals surface area contributed by atoms with Crippen molar-refractivity contribution in [2.75, 3.05) is 0 Å². The highest BCUT2D eigenvalue weighted by Gasteiger charge is 2.32. The Morgan fingerprint density at radius 3 is 2.58 bits per heavy atom. The maximum atomic E-state index is 11.1. The fourth-order valence-electron chi connectivity index (χ4n) is 2.61. The van der Waals surface area contributed by atoms with Gasteiger partial charge >= 0.3 is 5.97 Å². The first-order valence-electron chi connectivity index (χ1n) is 6.84. The van der Waals surface area contributed by atoms with Crippen LogP contribution in [-0.2, 0) is 4.79 Å². The molecule has 1 aliphatic rings. The lowest BCUT2D eigenvalue weighted by atomic mass is 9.75. The number of hydrogen-bond acceptors (Lipinski definition) is 2. The molecule has 1 unspecified atom stereocenters. The SMILES string of the molecule is CCCC(NC1CC(c2ccc(Br)cc2)C1)C(=O)O. The van der Waals surface area contributed by atoms with Gasteiger partial charge in [-0.3, -0.25) is 4.79 Å². The van der Waals surface area contributed by atoms with Crippen molar-refractivity contribution in [1.29, 1.82) is 0 Å². The van der Waals surface area contributed by atoms with Crippen LogP contribution in [0.5, 0.6) is 0 Å². The van der Waals surface area contributed by atoms with Gasteiger partial charge in [-0.15, -0.1) is 0 Å². The first kappa shape index (κ1) is 14.5. The lowest BCUT2D eigenvalue weighted by molar-refractivity contribution is -0.140. The van der Waals surface area contributed by atoms with E-state index in [1.54, 1.807) is 0 Å². The fraction of sp³-hybridized carbons (Fsp3) is 0.533. The van der Waals surface area contributed by atoms with Crippen LogP contribution >= 0.6 is 15.9 Å². The molecule has 0 aromatic heterocycles. The van der Waals surface area contributed by atoms with Gasteiger partial charge in [-0.05, 0) is 42.9 Å². The minimum Gasteiger partial charge on any atom is -0.480 e. The Bertz CT molecular complexity index is 426. The molecule has 1 fully saturated rings. The molecule has 0 saturated heterocycles. The summed E-state index contributed by atoms with van der Waals surface area (Å²) in [6.07, 6.45) is 3.67. The molecular weight excluding hydrogens is 306 g/mol. The van der Waals surface area contributed by atoms with Crippen molar-refractivity contribution >= 4 is 21.9 Å². The molecule has 1 atom stereocenters. The average Bonchev–Trinajstić information content (AvgIpc) is 2.33. The lowest BCUT2D eigenvalue weighted by Gasteiger charge is -2.38. The Morgan fingerprint density at radius 2 is 2.05 bits per heavy atom. The van der Waals surface area contributed by atoms with Gasteiger partial charge in [0, 0.05) is 10.5 Å². The van der Waals surface area contributed by atoms with Crippen LogP contribution in [0, 0.1) is 0 Å². The quantitative estimate of drug-likeness (QED) is 0.841. The molecule has 0 aliphatic heterocycles. The molecular formula is C15H20BrNO2. The van der Waals surface area contributed by atoms with Crippen molar-refractivity contribution in [1.82, 2.24) is 5.32 Å². The number of halogens is 1. The van der Waals surface area contributed by atoms with Crippen molar-refractivity contribution < 1.29 is 9.90 Å². The van der Waals surface area contributed by atoms with Crippen molar-refractivity contribution in [2.24, 2.45) is 0 Å². The van der Waals surface area contributed by atoms with Gasteiger partial charge in [0.2, 0.25) is 0 Å². The van der Waals surface area contributed by atoms with E-state index in [1.165, 1.54) is 5.56 Å². The predicted molar refractivity (Wildman–Crippen MR) is 79.4 cm³/mol. The van der Waals surface area contributed by atoms with Crippen LogP contribution in [0.1, 0.15) is 44.1 Å². The summed E-state index contributed by atoms with van der Waals surface area (Å²) in [7, 11) is 0. The first-order chi connectivity index (χ1) is 9.10. The van der Waals surface area contributed by atoms with E-state index >= 15 is 0 Å². The molecule has 0 radical (unpaired) electrons. The number of carbonyl (C=O) groups is 1. The van der Waals surface area contributed by atoms with E-state index in [0.717, 1.165) is 23.7 Å². The number of benzene rings is 1. The van der Waals surface area contributed by atoms with Gasteiger partial charge in [0.25, 0.3) is 0 Å². The number of nitrogens with one attached hydrogen (secondary N) is 1. The summed E-state index contributed by atoms with van der Waals surface area (Å²) < 4.78 is 1.10. The van der Waals surface area contributed by atoms with Crippen LogP contribution in [0.4, 0.5) is 0 Å². The standard InChI is InChI=1S/C15H20BrNO2/c1-2-3-14(15(18)19)17-13-8-11(9-13)10-4-6-12(16)7-5-10/h4-7,11,13-14,17H,2-3,8-9H2,1H3,(H,18,19). The maximum absolute atomic E-state index is 11.1. The van der Waals surface area contributed by atoms with Crippen LogP contribution in [0.15, 0.2) is 28.7 Å². The van der Waals surface area contributed by atoms with Gasteiger partial charge in [0.05, 0.1) is 0 Å². The molecule has 4 heteroatoms. The highest BCUT2D eigenvalue weighted by Crippen LogP contribution is 2.37. The number of carboxylic acids is 1. The third-order valence-corrected chi connectivity index (χ3v) is 4.32. The second kappa shape index (κ2) is 6.53. The van der Waals surface area contributed by atoms with Crippen molar-refractivity contribution in [3.63, 3.8) is 0 Å². The minimum absolute atomic E-state index is 0.348. The van der Waals surface area contributed by atoms with Crippen molar-refractivity contribution in [3.8, 4) is 0 Å². The Morgan fingerprint density at radius 1 is 1.42 bits per heavy atom. The molecule has 0 bridgehead atoms. The van der Waals surface area contributed by atoms with Crippen LogP contribution in [0.2, 0.25) is 0 Å². The average molecular weight is 326 g/mol. The van der Waals surface area contributed by atoms with Crippen LogP contribution in [0.25, 0.3) is 0 Å². The smallest absolute Gasteiger partial charge is 0.320 e. The number of carboxylic acid groups (broad SMARTS) is 1. The lowest BCUT2D eigenvalue weighted by Crippen LogP contribution is -2.48. The maximum Gasteiger partial charge on any atom is 0.320 e. The summed E-state index contributed by atoms with van der Waals surface area (Å²) in [5.74, 6) is -0.157. The fourth-order valence-corrected chi connectivity index (χ4v) is 2.88. The predicted octanol–water partition coefficient (Wildman–Crippen LogP) is 3.54. The van der Waals surface area contributed by atoms with Gasteiger partial charge in [-0.25, -0.2) is 0 Å². The monoisotopic (exact) mass is 325 g/mol. The largest absolute Gasteiger partial charge is 0.480 e. The Hall–Kier alpha value is -0.870. The normalized spacial score (nSPS) is 23.7. The van der Waals surface area contributed by atoms with Gasteiger partial charge < -0.3 is 10.4 Å². The molecule has 104 valence electrons. The van der Waals surface area contributed by atoms with E-state index in [9.17, 15) is 4.79 Å². The highest BCUT2D eigenvalue weighted by atomic mass is 79.9. The summed E-state index contributed by atoms with van der Waals surface area (Å²) in [6.45, 7) is 2.02. The molecule has 1 aromatic rings. The summed E-state index contributed by atoms with van der Waals surface area (Å²) in [5, 5.41) is 12.4. The molecule has 2 N–H and O–H groups in total. The Labute approximate surface area is 122 Å². The number of rotatable bonds is 6. The molecule has 19 heavy (non-hydrogen) atoms. The topological polar surface area (TPSA) is 49.3 Å². The minimum atomic E-state index is -0.728. The summed E-state index contributed by atoms with van der Waals surface area (Å²) >= 11 is 3.43. The Kier molecular flexibility index (Phi) is 4.99. The molecule has 3 nitrogen and oxygen atoms in total. The van der Waals surface area contributed by atoms with E-state index in [-0.39, 0.29) is 6.04 Å². The van der Waals surface area contributed by atoms with E-state index in [1.807, 2.05) is 6.92 Å². The zero-order chi connectivity index (χ0) is 13.8. The zero-order valence-corrected chi connectivity index (χ0v) is 12.7. The van der Waals surface area contributed by atoms with Crippen LogP contribution < -0.4 is 5.32 Å². The van der Waals surface area contributed by atoms with E-state index < -0.39 is 5.97 Å². The summed E-state index contributed by atoms with van der Waals surface area (Å²) in [5.41, 5.74) is 1.35. The van der Waals surface area contributed by atoms with E-state index in [0.29, 0.717) is 18.4 Å². The molecule has 1 aliphatic carbocycles. The van der Waals surface area contributed by atoms with Crippen molar-refractivity contribution in [3.05, 3.63) is 34.3 Å². The molecule has 0 amide bonds. The van der Waals surface area contributed by atoms with Crippen LogP contribution in [0.3, 0.4) is 0 Å². The van der Waals surface area contributed by atoms with E-state index in [4.69, 9.17) is 5.11 Å². The summed E-state index contributed by atoms with van der Waals surface area (Å²) in [6, 6.07) is 8.37. The van der Waals surface area contributed by atoms with Gasteiger partial charge in [0.1, 0.15) is 6.04 Å². The van der Waals surface area contributed by atoms with Crippen LogP contribution in [-0.4, -0.2) is 23.2 Å². The first-order valence-corrected chi connectivity index (χ1v) is 7.63. The van der Waals surface area contributed by atoms with Crippen molar-refractivity contribution in [2.45, 2.75) is 50.6 Å². The molecule has 1 aromatic carbocycles. The molecule has 1 saturated carbocycles. The molecule has 2 rings (SSSR count). The Balaban J connectivity index is 1.82. The zero-order valence-electron chi connectivity index (χ0n) is 11.1. The van der Waals surface area contributed by atoms with Gasteiger partial charge in [-0.1, -0.05) is 41.4 Å². The highest BCUT2D eigenvalue weighted by molar-refractivity contribution is 9.10. The number of hydrogen-bond donors (Lipinski definition) is 2. The van der Waals surface area contributed by atoms with Gasteiger partial charge in [0.15, 0.2) is 0 Å². The number of aliphatic carboxylic acids is 1.